The molecule has 0 saturated carbocycles. The Kier molecular flexibility index (Phi) is 6.32. The van der Waals surface area contributed by atoms with Crippen LogP contribution >= 0.6 is 11.6 Å². The van der Waals surface area contributed by atoms with Gasteiger partial charge in [-0.25, -0.2) is 4.39 Å². The van der Waals surface area contributed by atoms with Crippen LogP contribution in [0.25, 0.3) is 0 Å². The van der Waals surface area contributed by atoms with E-state index in [1.165, 1.54) is 18.2 Å². The first-order chi connectivity index (χ1) is 11.5. The summed E-state index contributed by atoms with van der Waals surface area (Å²) < 4.78 is 18.5. The summed E-state index contributed by atoms with van der Waals surface area (Å²) >= 11 is 5.85. The van der Waals surface area contributed by atoms with Crippen LogP contribution in [0, 0.1) is 12.7 Å². The van der Waals surface area contributed by atoms with Gasteiger partial charge in [0.25, 0.3) is 0 Å². The lowest BCUT2D eigenvalue weighted by molar-refractivity contribution is -0.146. The van der Waals surface area contributed by atoms with Gasteiger partial charge in [0.05, 0.1) is 11.4 Å². The number of carbonyl (C=O) groups is 2. The van der Waals surface area contributed by atoms with Crippen LogP contribution in [0.4, 0.5) is 10.1 Å². The van der Waals surface area contributed by atoms with Gasteiger partial charge in [0.2, 0.25) is 5.91 Å². The van der Waals surface area contributed by atoms with Crippen LogP contribution < -0.4 is 5.32 Å². The molecule has 2 aromatic rings. The summed E-state index contributed by atoms with van der Waals surface area (Å²) in [7, 11) is 0. The van der Waals surface area contributed by atoms with Crippen LogP contribution in [0.3, 0.4) is 0 Å². The SMILES string of the molecule is Cc1cccc(NC(=O)CCC(=O)OCc2c(F)cccc2Cl)c1. The van der Waals surface area contributed by atoms with Gasteiger partial charge in [0.15, 0.2) is 0 Å². The van der Waals surface area contributed by atoms with Gasteiger partial charge in [0, 0.05) is 17.7 Å². The summed E-state index contributed by atoms with van der Waals surface area (Å²) in [5, 5.41) is 2.90. The van der Waals surface area contributed by atoms with Crippen molar-refractivity contribution in [3.8, 4) is 0 Å². The molecule has 1 N–H and O–H groups in total. The maximum Gasteiger partial charge on any atom is 0.306 e. The van der Waals surface area contributed by atoms with Crippen molar-refractivity contribution < 1.29 is 18.7 Å². The third-order valence-corrected chi connectivity index (χ3v) is 3.65. The molecule has 0 saturated heterocycles. The van der Waals surface area contributed by atoms with Crippen molar-refractivity contribution in [1.29, 1.82) is 0 Å². The van der Waals surface area contributed by atoms with Gasteiger partial charge in [0.1, 0.15) is 12.4 Å². The summed E-state index contributed by atoms with van der Waals surface area (Å²) in [5.41, 5.74) is 1.82. The Bertz CT molecular complexity index is 729. The summed E-state index contributed by atoms with van der Waals surface area (Å²) in [6, 6.07) is 11.6. The van der Waals surface area contributed by atoms with Crippen LogP contribution in [-0.2, 0) is 20.9 Å². The quantitative estimate of drug-likeness (QED) is 0.793. The molecular formula is C18H17ClFNO3. The van der Waals surface area contributed by atoms with E-state index in [-0.39, 0.29) is 35.9 Å². The Morgan fingerprint density at radius 2 is 1.92 bits per heavy atom. The fraction of sp³-hybridized carbons (Fsp3) is 0.222. The smallest absolute Gasteiger partial charge is 0.306 e. The molecule has 0 bridgehead atoms. The fourth-order valence-corrected chi connectivity index (χ4v) is 2.27. The zero-order valence-electron chi connectivity index (χ0n) is 13.1. The average molecular weight is 350 g/mol. The minimum absolute atomic E-state index is 0.0161. The highest BCUT2D eigenvalue weighted by atomic mass is 35.5. The van der Waals surface area contributed by atoms with E-state index in [9.17, 15) is 14.0 Å². The third kappa shape index (κ3) is 5.35. The molecule has 2 rings (SSSR count). The number of rotatable bonds is 6. The number of ether oxygens (including phenoxy) is 1. The van der Waals surface area contributed by atoms with E-state index < -0.39 is 11.8 Å². The number of benzene rings is 2. The van der Waals surface area contributed by atoms with E-state index in [1.807, 2.05) is 25.1 Å². The number of amides is 1. The normalized spacial score (nSPS) is 10.3. The van der Waals surface area contributed by atoms with Crippen molar-refractivity contribution in [1.82, 2.24) is 0 Å². The van der Waals surface area contributed by atoms with E-state index in [1.54, 1.807) is 6.07 Å². The lowest BCUT2D eigenvalue weighted by Gasteiger charge is -2.08. The molecule has 0 unspecified atom stereocenters. The van der Waals surface area contributed by atoms with Crippen LogP contribution in [0.15, 0.2) is 42.5 Å². The Morgan fingerprint density at radius 3 is 2.62 bits per heavy atom. The molecule has 0 aromatic heterocycles. The van der Waals surface area contributed by atoms with Crippen LogP contribution in [0.5, 0.6) is 0 Å². The van der Waals surface area contributed by atoms with Gasteiger partial charge in [-0.1, -0.05) is 29.8 Å². The second kappa shape index (κ2) is 8.45. The molecule has 2 aromatic carbocycles. The number of hydrogen-bond donors (Lipinski definition) is 1. The highest BCUT2D eigenvalue weighted by Crippen LogP contribution is 2.20. The minimum Gasteiger partial charge on any atom is -0.461 e. The van der Waals surface area contributed by atoms with Gasteiger partial charge in [-0.2, -0.15) is 0 Å². The summed E-state index contributed by atoms with van der Waals surface area (Å²) in [6.07, 6.45) is -0.110. The molecule has 6 heteroatoms. The monoisotopic (exact) mass is 349 g/mol. The fourth-order valence-electron chi connectivity index (χ4n) is 2.06. The van der Waals surface area contributed by atoms with Gasteiger partial charge >= 0.3 is 5.97 Å². The molecule has 1 amide bonds. The number of esters is 1. The van der Waals surface area contributed by atoms with Gasteiger partial charge in [-0.3, -0.25) is 9.59 Å². The standard InChI is InChI=1S/C18H17ClFNO3/c1-12-4-2-5-13(10-12)21-17(22)8-9-18(23)24-11-14-15(19)6-3-7-16(14)20/h2-7,10H,8-9,11H2,1H3,(H,21,22). The zero-order valence-corrected chi connectivity index (χ0v) is 13.9. The zero-order chi connectivity index (χ0) is 17.5. The van der Waals surface area contributed by atoms with Crippen LogP contribution in [0.1, 0.15) is 24.0 Å². The lowest BCUT2D eigenvalue weighted by Crippen LogP contribution is -2.14. The molecule has 0 aliphatic carbocycles. The number of aryl methyl sites for hydroxylation is 1. The molecule has 0 atom stereocenters. The average Bonchev–Trinajstić information content (AvgIpc) is 2.52. The number of carbonyl (C=O) groups excluding carboxylic acids is 2. The van der Waals surface area contributed by atoms with E-state index in [4.69, 9.17) is 16.3 Å². The molecule has 126 valence electrons. The Hall–Kier alpha value is -2.40. The first kappa shape index (κ1) is 17.9. The highest BCUT2D eigenvalue weighted by molar-refractivity contribution is 6.31. The number of nitrogens with one attached hydrogen (secondary N) is 1. The second-order valence-corrected chi connectivity index (χ2v) is 5.69. The number of hydrogen-bond acceptors (Lipinski definition) is 3. The maximum absolute atomic E-state index is 13.5. The van der Waals surface area contributed by atoms with Crippen molar-refractivity contribution in [3.05, 3.63) is 64.4 Å². The van der Waals surface area contributed by atoms with E-state index in [0.717, 1.165) is 5.56 Å². The highest BCUT2D eigenvalue weighted by Gasteiger charge is 2.12. The van der Waals surface area contributed by atoms with Gasteiger partial charge in [-0.15, -0.1) is 0 Å². The van der Waals surface area contributed by atoms with Crippen molar-refractivity contribution in [2.75, 3.05) is 5.32 Å². The molecule has 4 nitrogen and oxygen atoms in total. The van der Waals surface area contributed by atoms with Crippen LogP contribution in [-0.4, -0.2) is 11.9 Å². The van der Waals surface area contributed by atoms with Crippen molar-refractivity contribution in [3.63, 3.8) is 0 Å². The van der Waals surface area contributed by atoms with Crippen LogP contribution in [0.2, 0.25) is 5.02 Å². The molecule has 0 radical (unpaired) electrons. The summed E-state index contributed by atoms with van der Waals surface area (Å²) in [4.78, 5) is 23.5. The lowest BCUT2D eigenvalue weighted by atomic mass is 10.2. The maximum atomic E-state index is 13.5. The first-order valence-electron chi connectivity index (χ1n) is 7.41. The number of halogens is 2. The minimum atomic E-state index is -0.589. The molecule has 0 fully saturated rings. The van der Waals surface area contributed by atoms with Crippen molar-refractivity contribution >= 4 is 29.2 Å². The second-order valence-electron chi connectivity index (χ2n) is 5.28. The summed E-state index contributed by atoms with van der Waals surface area (Å²) in [5.74, 6) is -1.41. The predicted octanol–water partition coefficient (Wildman–Crippen LogP) is 4.25. The molecule has 0 aliphatic heterocycles. The van der Waals surface area contributed by atoms with E-state index in [2.05, 4.69) is 5.32 Å². The summed E-state index contributed by atoms with van der Waals surface area (Å²) in [6.45, 7) is 1.66. The molecular weight excluding hydrogens is 333 g/mol. The van der Waals surface area contributed by atoms with Gasteiger partial charge < -0.3 is 10.1 Å². The van der Waals surface area contributed by atoms with Crippen molar-refractivity contribution in [2.24, 2.45) is 0 Å². The molecule has 0 heterocycles. The molecule has 0 aliphatic rings. The van der Waals surface area contributed by atoms with Gasteiger partial charge in [-0.05, 0) is 36.8 Å². The Labute approximate surface area is 144 Å². The first-order valence-corrected chi connectivity index (χ1v) is 7.78. The molecule has 0 spiro atoms. The Morgan fingerprint density at radius 1 is 1.17 bits per heavy atom. The Balaban J connectivity index is 1.78. The third-order valence-electron chi connectivity index (χ3n) is 3.30. The molecule has 24 heavy (non-hydrogen) atoms. The van der Waals surface area contributed by atoms with E-state index >= 15 is 0 Å². The number of anilines is 1. The largest absolute Gasteiger partial charge is 0.461 e. The predicted molar refractivity (Wildman–Crippen MR) is 90.2 cm³/mol. The topological polar surface area (TPSA) is 55.4 Å². The van der Waals surface area contributed by atoms with E-state index in [0.29, 0.717) is 5.69 Å². The van der Waals surface area contributed by atoms with Crippen molar-refractivity contribution in [2.45, 2.75) is 26.4 Å².